The highest BCUT2D eigenvalue weighted by Crippen LogP contribution is 2.21. The summed E-state index contributed by atoms with van der Waals surface area (Å²) in [4.78, 5) is 0. The van der Waals surface area contributed by atoms with Crippen LogP contribution >= 0.6 is 0 Å². The fourth-order valence-electron chi connectivity index (χ4n) is 2.57. The summed E-state index contributed by atoms with van der Waals surface area (Å²) >= 11 is 0. The molecule has 104 valence electrons. The predicted molar refractivity (Wildman–Crippen MR) is 83.5 cm³/mol. The average molecular weight is 258 g/mol. The lowest BCUT2D eigenvalue weighted by Gasteiger charge is -2.08. The van der Waals surface area contributed by atoms with Crippen molar-refractivity contribution >= 4 is 10.9 Å². The summed E-state index contributed by atoms with van der Waals surface area (Å²) in [6.45, 7) is 7.67. The van der Waals surface area contributed by atoms with Gasteiger partial charge in [0.25, 0.3) is 0 Å². The molecule has 2 aromatic rings. The third-order valence-electron chi connectivity index (χ3n) is 3.65. The first-order chi connectivity index (χ1) is 9.36. The number of hydrogen-bond acceptors (Lipinski definition) is 1. The Balaban J connectivity index is 2.12. The molecule has 0 aliphatic rings. The molecule has 0 unspecified atom stereocenters. The van der Waals surface area contributed by atoms with Crippen LogP contribution in [0.3, 0.4) is 0 Å². The molecule has 1 N–H and O–H groups in total. The van der Waals surface area contributed by atoms with Gasteiger partial charge in [-0.05, 0) is 37.1 Å². The fourth-order valence-corrected chi connectivity index (χ4v) is 2.57. The van der Waals surface area contributed by atoms with E-state index in [9.17, 15) is 0 Å². The van der Waals surface area contributed by atoms with Crippen molar-refractivity contribution in [3.8, 4) is 0 Å². The van der Waals surface area contributed by atoms with E-state index < -0.39 is 0 Å². The molecule has 0 amide bonds. The number of unbranched alkanes of at least 4 members (excludes halogenated alkanes) is 2. The predicted octanol–water partition coefficient (Wildman–Crippen LogP) is 4.33. The van der Waals surface area contributed by atoms with E-state index in [0.29, 0.717) is 0 Å². The molecule has 0 radical (unpaired) electrons. The Morgan fingerprint density at radius 2 is 1.95 bits per heavy atom. The molecule has 0 bridgehead atoms. The maximum Gasteiger partial charge on any atom is 0.0483 e. The minimum Gasteiger partial charge on any atom is -0.347 e. The van der Waals surface area contributed by atoms with Crippen molar-refractivity contribution in [3.05, 3.63) is 36.0 Å². The van der Waals surface area contributed by atoms with E-state index in [-0.39, 0.29) is 0 Å². The molecule has 0 aliphatic heterocycles. The van der Waals surface area contributed by atoms with E-state index in [1.54, 1.807) is 0 Å². The van der Waals surface area contributed by atoms with Crippen LogP contribution in [0, 0.1) is 0 Å². The highest BCUT2D eigenvalue weighted by molar-refractivity contribution is 5.83. The first-order valence-corrected chi connectivity index (χ1v) is 7.64. The number of rotatable bonds is 8. The summed E-state index contributed by atoms with van der Waals surface area (Å²) < 4.78 is 2.40. The molecule has 0 saturated heterocycles. The number of aromatic nitrogens is 1. The summed E-state index contributed by atoms with van der Waals surface area (Å²) in [7, 11) is 0. The normalized spacial score (nSPS) is 11.3. The van der Waals surface area contributed by atoms with Crippen LogP contribution in [-0.2, 0) is 13.1 Å². The van der Waals surface area contributed by atoms with Gasteiger partial charge in [-0.15, -0.1) is 0 Å². The summed E-state index contributed by atoms with van der Waals surface area (Å²) in [6.07, 6.45) is 7.30. The van der Waals surface area contributed by atoms with Gasteiger partial charge < -0.3 is 9.88 Å². The zero-order valence-electron chi connectivity index (χ0n) is 12.3. The van der Waals surface area contributed by atoms with E-state index >= 15 is 0 Å². The molecule has 0 spiro atoms. The van der Waals surface area contributed by atoms with E-state index in [0.717, 1.165) is 19.6 Å². The quantitative estimate of drug-likeness (QED) is 0.697. The van der Waals surface area contributed by atoms with E-state index in [4.69, 9.17) is 0 Å². The monoisotopic (exact) mass is 258 g/mol. The van der Waals surface area contributed by atoms with Gasteiger partial charge in [-0.25, -0.2) is 0 Å². The molecule has 1 heterocycles. The van der Waals surface area contributed by atoms with Crippen LogP contribution in [0.15, 0.2) is 30.5 Å². The zero-order chi connectivity index (χ0) is 13.5. The lowest BCUT2D eigenvalue weighted by Crippen LogP contribution is -2.13. The Hall–Kier alpha value is -1.28. The van der Waals surface area contributed by atoms with Gasteiger partial charge in [-0.1, -0.05) is 38.8 Å². The van der Waals surface area contributed by atoms with Gasteiger partial charge >= 0.3 is 0 Å². The first kappa shape index (κ1) is 14.1. The van der Waals surface area contributed by atoms with Crippen LogP contribution < -0.4 is 5.32 Å². The van der Waals surface area contributed by atoms with Gasteiger partial charge in [0.15, 0.2) is 0 Å². The standard InChI is InChI=1S/C17H26N2/c1-3-5-6-12-19-13-10-16-15(14-18-11-4-2)8-7-9-17(16)19/h7-10,13,18H,3-6,11-12,14H2,1-2H3. The Morgan fingerprint density at radius 3 is 2.74 bits per heavy atom. The van der Waals surface area contributed by atoms with Crippen molar-refractivity contribution in [2.45, 2.75) is 52.6 Å². The van der Waals surface area contributed by atoms with Crippen LogP contribution in [0.5, 0.6) is 0 Å². The number of nitrogens with one attached hydrogen (secondary N) is 1. The molecular formula is C17H26N2. The van der Waals surface area contributed by atoms with Crippen molar-refractivity contribution in [3.63, 3.8) is 0 Å². The van der Waals surface area contributed by atoms with E-state index in [2.05, 4.69) is 54.2 Å². The van der Waals surface area contributed by atoms with Crippen molar-refractivity contribution in [1.29, 1.82) is 0 Å². The Bertz CT molecular complexity index is 499. The topological polar surface area (TPSA) is 17.0 Å². The highest BCUT2D eigenvalue weighted by Gasteiger charge is 2.04. The molecule has 19 heavy (non-hydrogen) atoms. The third-order valence-corrected chi connectivity index (χ3v) is 3.65. The fraction of sp³-hybridized carbons (Fsp3) is 0.529. The average Bonchev–Trinajstić information content (AvgIpc) is 2.84. The molecule has 1 aromatic heterocycles. The van der Waals surface area contributed by atoms with Gasteiger partial charge in [0.05, 0.1) is 0 Å². The van der Waals surface area contributed by atoms with Crippen LogP contribution in [0.2, 0.25) is 0 Å². The summed E-state index contributed by atoms with van der Waals surface area (Å²) in [5.74, 6) is 0. The third kappa shape index (κ3) is 3.60. The van der Waals surface area contributed by atoms with Crippen LogP contribution in [0.1, 0.15) is 45.1 Å². The Kier molecular flexibility index (Phi) is 5.46. The number of benzene rings is 1. The Morgan fingerprint density at radius 1 is 1.05 bits per heavy atom. The maximum absolute atomic E-state index is 3.50. The summed E-state index contributed by atoms with van der Waals surface area (Å²) in [5.41, 5.74) is 2.80. The summed E-state index contributed by atoms with van der Waals surface area (Å²) in [6, 6.07) is 8.93. The smallest absolute Gasteiger partial charge is 0.0483 e. The minimum absolute atomic E-state index is 0.976. The largest absolute Gasteiger partial charge is 0.347 e. The SMILES string of the molecule is CCCCCn1ccc2c(CNCCC)cccc21. The molecule has 2 nitrogen and oxygen atoms in total. The number of aryl methyl sites for hydroxylation is 1. The lowest BCUT2D eigenvalue weighted by atomic mass is 10.1. The Labute approximate surface area is 116 Å². The minimum atomic E-state index is 0.976. The lowest BCUT2D eigenvalue weighted by molar-refractivity contribution is 0.616. The van der Waals surface area contributed by atoms with Crippen LogP contribution in [0.25, 0.3) is 10.9 Å². The first-order valence-electron chi connectivity index (χ1n) is 7.64. The van der Waals surface area contributed by atoms with E-state index in [1.165, 1.54) is 42.1 Å². The zero-order valence-corrected chi connectivity index (χ0v) is 12.3. The van der Waals surface area contributed by atoms with Gasteiger partial charge in [-0.3, -0.25) is 0 Å². The van der Waals surface area contributed by atoms with Gasteiger partial charge in [0, 0.05) is 30.2 Å². The summed E-state index contributed by atoms with van der Waals surface area (Å²) in [5, 5.41) is 4.90. The molecule has 0 fully saturated rings. The molecular weight excluding hydrogens is 232 g/mol. The van der Waals surface area contributed by atoms with Crippen molar-refractivity contribution in [2.24, 2.45) is 0 Å². The van der Waals surface area contributed by atoms with Gasteiger partial charge in [-0.2, -0.15) is 0 Å². The molecule has 2 heteroatoms. The van der Waals surface area contributed by atoms with Crippen molar-refractivity contribution < 1.29 is 0 Å². The molecule has 0 aliphatic carbocycles. The number of nitrogens with zero attached hydrogens (tertiary/aromatic N) is 1. The molecule has 2 rings (SSSR count). The molecule has 0 atom stereocenters. The van der Waals surface area contributed by atoms with Crippen molar-refractivity contribution in [2.75, 3.05) is 6.54 Å². The van der Waals surface area contributed by atoms with E-state index in [1.807, 2.05) is 0 Å². The maximum atomic E-state index is 3.50. The molecule has 1 aromatic carbocycles. The van der Waals surface area contributed by atoms with Gasteiger partial charge in [0.1, 0.15) is 0 Å². The molecule has 0 saturated carbocycles. The second kappa shape index (κ2) is 7.34. The van der Waals surface area contributed by atoms with Crippen molar-refractivity contribution in [1.82, 2.24) is 9.88 Å². The van der Waals surface area contributed by atoms with Gasteiger partial charge in [0.2, 0.25) is 0 Å². The second-order valence-electron chi connectivity index (χ2n) is 5.24. The highest BCUT2D eigenvalue weighted by atomic mass is 14.9. The van der Waals surface area contributed by atoms with Crippen LogP contribution in [0.4, 0.5) is 0 Å². The second-order valence-corrected chi connectivity index (χ2v) is 5.24. The number of hydrogen-bond donors (Lipinski definition) is 1. The number of fused-ring (bicyclic) bond motifs is 1. The van der Waals surface area contributed by atoms with Crippen LogP contribution in [-0.4, -0.2) is 11.1 Å².